The lowest BCUT2D eigenvalue weighted by Gasteiger charge is -2.43. The van der Waals surface area contributed by atoms with E-state index < -0.39 is 35.5 Å². The number of hydrogen-bond acceptors (Lipinski definition) is 6. The molecule has 0 unspecified atom stereocenters. The van der Waals surface area contributed by atoms with Gasteiger partial charge in [0.2, 0.25) is 0 Å². The van der Waals surface area contributed by atoms with Crippen molar-refractivity contribution in [3.05, 3.63) is 59.6 Å². The standard InChI is InChI=1S/C20H20O6/c1-20-6-3-2-4-14-13(11-25-18(14)22)8-15(21)17(20)19(23)26-16(9-20)12-5-7-24-10-12/h2-7,10,15-17,21H,8-9,11H2,1H3/b4-2-,6-3+/t15-,16-,17+,20+/m1/s1. The first-order valence-corrected chi connectivity index (χ1v) is 8.64. The SMILES string of the molecule is C[C@@]12/C=C/C=C\C3=C(COC3=O)C[C@@H](O)[C@H]1C(=O)O[C@@H](c1ccoc1)C2. The van der Waals surface area contributed by atoms with Crippen LogP contribution in [0.1, 0.15) is 31.4 Å². The van der Waals surface area contributed by atoms with E-state index in [4.69, 9.17) is 13.9 Å². The van der Waals surface area contributed by atoms with E-state index in [1.54, 1.807) is 30.7 Å². The van der Waals surface area contributed by atoms with E-state index in [2.05, 4.69) is 0 Å². The van der Waals surface area contributed by atoms with Crippen molar-refractivity contribution in [2.24, 2.45) is 11.3 Å². The van der Waals surface area contributed by atoms with E-state index in [-0.39, 0.29) is 13.0 Å². The molecule has 2 aliphatic heterocycles. The Morgan fingerprint density at radius 2 is 2.12 bits per heavy atom. The molecule has 1 aromatic heterocycles. The number of aliphatic hydroxyl groups is 1. The van der Waals surface area contributed by atoms with Crippen molar-refractivity contribution >= 4 is 11.9 Å². The van der Waals surface area contributed by atoms with Crippen molar-refractivity contribution in [3.63, 3.8) is 0 Å². The summed E-state index contributed by atoms with van der Waals surface area (Å²) in [6.07, 6.45) is 9.66. The lowest BCUT2D eigenvalue weighted by molar-refractivity contribution is -0.177. The topological polar surface area (TPSA) is 86.0 Å². The lowest BCUT2D eigenvalue weighted by atomic mass is 9.67. The number of ether oxygens (including phenoxy) is 2. The molecule has 6 heteroatoms. The highest BCUT2D eigenvalue weighted by Gasteiger charge is 2.50. The highest BCUT2D eigenvalue weighted by atomic mass is 16.5. The Kier molecular flexibility index (Phi) is 4.07. The molecular weight excluding hydrogens is 336 g/mol. The second-order valence-corrected chi connectivity index (χ2v) is 7.25. The number of rotatable bonds is 1. The van der Waals surface area contributed by atoms with Crippen LogP contribution in [0.15, 0.2) is 58.5 Å². The van der Waals surface area contributed by atoms with Crippen LogP contribution in [0, 0.1) is 11.3 Å². The predicted molar refractivity (Wildman–Crippen MR) is 90.6 cm³/mol. The molecular formula is C20H20O6. The molecule has 4 atom stereocenters. The van der Waals surface area contributed by atoms with Crippen molar-refractivity contribution in [3.8, 4) is 0 Å². The van der Waals surface area contributed by atoms with Gasteiger partial charge in [0, 0.05) is 11.0 Å². The summed E-state index contributed by atoms with van der Waals surface area (Å²) < 4.78 is 15.8. The van der Waals surface area contributed by atoms with Crippen molar-refractivity contribution < 1.29 is 28.6 Å². The summed E-state index contributed by atoms with van der Waals surface area (Å²) in [6.45, 7) is 2.10. The quantitative estimate of drug-likeness (QED) is 0.779. The van der Waals surface area contributed by atoms with Gasteiger partial charge in [0.05, 0.1) is 30.1 Å². The predicted octanol–water partition coefficient (Wildman–Crippen LogP) is 2.62. The number of furan rings is 1. The second kappa shape index (κ2) is 6.29. The highest BCUT2D eigenvalue weighted by Crippen LogP contribution is 2.48. The number of cyclic esters (lactones) is 2. The summed E-state index contributed by atoms with van der Waals surface area (Å²) in [5, 5.41) is 10.8. The third-order valence-corrected chi connectivity index (χ3v) is 5.43. The van der Waals surface area contributed by atoms with Gasteiger partial charge in [0.25, 0.3) is 0 Å². The van der Waals surface area contributed by atoms with Crippen LogP contribution < -0.4 is 0 Å². The van der Waals surface area contributed by atoms with Crippen LogP contribution in [0.4, 0.5) is 0 Å². The van der Waals surface area contributed by atoms with Gasteiger partial charge in [-0.1, -0.05) is 25.2 Å². The third-order valence-electron chi connectivity index (χ3n) is 5.43. The maximum atomic E-state index is 12.8. The molecule has 0 aromatic carbocycles. The molecule has 1 fully saturated rings. The van der Waals surface area contributed by atoms with Crippen LogP contribution >= 0.6 is 0 Å². The van der Waals surface area contributed by atoms with Gasteiger partial charge in [0.15, 0.2) is 0 Å². The molecule has 1 aliphatic carbocycles. The first-order valence-electron chi connectivity index (χ1n) is 8.64. The molecule has 0 radical (unpaired) electrons. The minimum Gasteiger partial charge on any atom is -0.472 e. The van der Waals surface area contributed by atoms with E-state index in [0.29, 0.717) is 17.6 Å². The molecule has 0 bridgehead atoms. The number of fused-ring (bicyclic) bond motifs is 1. The minimum atomic E-state index is -0.964. The summed E-state index contributed by atoms with van der Waals surface area (Å²) in [5.74, 6) is -1.57. The van der Waals surface area contributed by atoms with Crippen LogP contribution in [-0.2, 0) is 19.1 Å². The molecule has 1 aromatic rings. The van der Waals surface area contributed by atoms with E-state index in [0.717, 1.165) is 5.56 Å². The Morgan fingerprint density at radius 3 is 2.88 bits per heavy atom. The normalized spacial score (nSPS) is 36.6. The summed E-state index contributed by atoms with van der Waals surface area (Å²) in [7, 11) is 0. The van der Waals surface area contributed by atoms with Crippen molar-refractivity contribution in [2.75, 3.05) is 6.61 Å². The first-order chi connectivity index (χ1) is 12.5. The van der Waals surface area contributed by atoms with E-state index in [1.807, 2.05) is 19.1 Å². The van der Waals surface area contributed by atoms with Gasteiger partial charge in [-0.2, -0.15) is 0 Å². The van der Waals surface area contributed by atoms with Crippen LogP contribution in [-0.4, -0.2) is 29.8 Å². The lowest BCUT2D eigenvalue weighted by Crippen LogP contribution is -2.47. The molecule has 1 saturated heterocycles. The van der Waals surface area contributed by atoms with Crippen LogP contribution in [0.3, 0.4) is 0 Å². The molecule has 6 nitrogen and oxygen atoms in total. The fourth-order valence-electron chi connectivity index (χ4n) is 4.07. The van der Waals surface area contributed by atoms with E-state index in [9.17, 15) is 14.7 Å². The van der Waals surface area contributed by atoms with Crippen molar-refractivity contribution in [1.82, 2.24) is 0 Å². The van der Waals surface area contributed by atoms with E-state index in [1.165, 1.54) is 0 Å². The van der Waals surface area contributed by atoms with Gasteiger partial charge in [-0.25, -0.2) is 4.79 Å². The summed E-state index contributed by atoms with van der Waals surface area (Å²) >= 11 is 0. The van der Waals surface area contributed by atoms with Crippen molar-refractivity contribution in [2.45, 2.75) is 32.0 Å². The van der Waals surface area contributed by atoms with Gasteiger partial charge in [-0.15, -0.1) is 0 Å². The van der Waals surface area contributed by atoms with Gasteiger partial charge >= 0.3 is 11.9 Å². The number of carbonyl (C=O) groups excluding carboxylic acids is 2. The third kappa shape index (κ3) is 2.80. The average Bonchev–Trinajstić information content (AvgIpc) is 3.22. The summed E-state index contributed by atoms with van der Waals surface area (Å²) in [6, 6.07) is 1.78. The average molecular weight is 356 g/mol. The van der Waals surface area contributed by atoms with Gasteiger partial charge in [-0.05, 0) is 30.6 Å². The largest absolute Gasteiger partial charge is 0.472 e. The number of esters is 2. The monoisotopic (exact) mass is 356 g/mol. The smallest absolute Gasteiger partial charge is 0.338 e. The number of hydrogen-bond donors (Lipinski definition) is 1. The Labute approximate surface area is 150 Å². The zero-order valence-electron chi connectivity index (χ0n) is 14.4. The zero-order chi connectivity index (χ0) is 18.3. The second-order valence-electron chi connectivity index (χ2n) is 7.25. The van der Waals surface area contributed by atoms with Crippen LogP contribution in [0.5, 0.6) is 0 Å². The number of allylic oxidation sites excluding steroid dienone is 3. The zero-order valence-corrected chi connectivity index (χ0v) is 14.4. The summed E-state index contributed by atoms with van der Waals surface area (Å²) in [5.41, 5.74) is 1.37. The first kappa shape index (κ1) is 16.8. The maximum absolute atomic E-state index is 12.8. The Bertz CT molecular complexity index is 815. The molecule has 1 N–H and O–H groups in total. The van der Waals surface area contributed by atoms with Gasteiger partial charge in [-0.3, -0.25) is 4.79 Å². The van der Waals surface area contributed by atoms with Gasteiger partial charge < -0.3 is 19.0 Å². The highest BCUT2D eigenvalue weighted by molar-refractivity contribution is 5.94. The number of aliphatic hydroxyl groups excluding tert-OH is 1. The minimum absolute atomic E-state index is 0.148. The van der Waals surface area contributed by atoms with Crippen LogP contribution in [0.2, 0.25) is 0 Å². The van der Waals surface area contributed by atoms with Crippen LogP contribution in [0.25, 0.3) is 0 Å². The Morgan fingerprint density at radius 1 is 1.27 bits per heavy atom. The fraction of sp³-hybridized carbons (Fsp3) is 0.400. The Balaban J connectivity index is 1.70. The molecule has 0 saturated carbocycles. The number of carbonyl (C=O) groups is 2. The molecule has 0 amide bonds. The van der Waals surface area contributed by atoms with E-state index >= 15 is 0 Å². The molecule has 3 heterocycles. The summed E-state index contributed by atoms with van der Waals surface area (Å²) in [4.78, 5) is 24.6. The Hall–Kier alpha value is -2.60. The molecule has 3 aliphatic rings. The molecule has 0 spiro atoms. The molecule has 136 valence electrons. The van der Waals surface area contributed by atoms with Crippen molar-refractivity contribution in [1.29, 1.82) is 0 Å². The van der Waals surface area contributed by atoms with Gasteiger partial charge in [0.1, 0.15) is 12.7 Å². The fourth-order valence-corrected chi connectivity index (χ4v) is 4.07. The maximum Gasteiger partial charge on any atom is 0.338 e. The molecule has 4 rings (SSSR count). The molecule has 26 heavy (non-hydrogen) atoms.